The number of allylic oxidation sites excluding steroid dienone is 1. The van der Waals surface area contributed by atoms with E-state index in [4.69, 9.17) is 14.2 Å². The number of amides is 1. The van der Waals surface area contributed by atoms with Gasteiger partial charge in [0.1, 0.15) is 0 Å². The number of methoxy groups -OCH3 is 3. The van der Waals surface area contributed by atoms with Crippen LogP contribution in [0.2, 0.25) is 0 Å². The van der Waals surface area contributed by atoms with E-state index in [1.54, 1.807) is 18.3 Å². The van der Waals surface area contributed by atoms with E-state index in [2.05, 4.69) is 10.5 Å². The molecule has 6 nitrogen and oxygen atoms in total. The first-order chi connectivity index (χ1) is 12.6. The largest absolute Gasteiger partial charge is 0.493 e. The molecule has 0 aliphatic carbocycles. The van der Waals surface area contributed by atoms with Gasteiger partial charge < -0.3 is 14.2 Å². The zero-order valence-corrected chi connectivity index (χ0v) is 15.3. The molecular formula is C20H22N2O4. The molecule has 0 saturated heterocycles. The Balaban J connectivity index is 2.11. The molecule has 0 bridgehead atoms. The molecule has 26 heavy (non-hydrogen) atoms. The minimum absolute atomic E-state index is 0.348. The second kappa shape index (κ2) is 9.27. The van der Waals surface area contributed by atoms with Gasteiger partial charge in [0.25, 0.3) is 5.91 Å². The Labute approximate surface area is 153 Å². The molecule has 1 N–H and O–H groups in total. The third-order valence-electron chi connectivity index (χ3n) is 3.56. The fourth-order valence-electron chi connectivity index (χ4n) is 2.32. The number of hydrogen-bond acceptors (Lipinski definition) is 5. The first-order valence-corrected chi connectivity index (χ1v) is 7.95. The van der Waals surface area contributed by atoms with E-state index in [9.17, 15) is 4.79 Å². The van der Waals surface area contributed by atoms with E-state index in [1.165, 1.54) is 21.3 Å². The fraction of sp³-hybridized carbons (Fsp3) is 0.200. The zero-order chi connectivity index (χ0) is 18.9. The Bertz CT molecular complexity index is 789. The summed E-state index contributed by atoms with van der Waals surface area (Å²) < 4.78 is 15.7. The normalized spacial score (nSPS) is 11.3. The number of nitrogens with one attached hydrogen (secondary N) is 1. The number of carbonyl (C=O) groups is 1. The highest BCUT2D eigenvalue weighted by Gasteiger charge is 2.16. The van der Waals surface area contributed by atoms with Crippen molar-refractivity contribution in [3.05, 3.63) is 59.2 Å². The summed E-state index contributed by atoms with van der Waals surface area (Å²) in [5, 5.41) is 3.99. The Morgan fingerprint density at radius 3 is 2.15 bits per heavy atom. The summed E-state index contributed by atoms with van der Waals surface area (Å²) in [6.07, 6.45) is 3.55. The lowest BCUT2D eigenvalue weighted by Crippen LogP contribution is -2.18. The highest BCUT2D eigenvalue weighted by molar-refractivity contribution is 5.96. The van der Waals surface area contributed by atoms with Gasteiger partial charge in [0.05, 0.1) is 27.5 Å². The Morgan fingerprint density at radius 1 is 1.00 bits per heavy atom. The van der Waals surface area contributed by atoms with Gasteiger partial charge in [0, 0.05) is 5.56 Å². The van der Waals surface area contributed by atoms with Crippen LogP contribution in [0.4, 0.5) is 0 Å². The van der Waals surface area contributed by atoms with Crippen LogP contribution in [0.1, 0.15) is 22.8 Å². The van der Waals surface area contributed by atoms with E-state index in [0.29, 0.717) is 22.8 Å². The summed E-state index contributed by atoms with van der Waals surface area (Å²) in [5.74, 6) is 0.854. The molecule has 0 atom stereocenters. The number of hydrazone groups is 1. The minimum atomic E-state index is -0.381. The number of nitrogens with zero attached hydrogens (tertiary/aromatic N) is 1. The van der Waals surface area contributed by atoms with Gasteiger partial charge in [-0.1, -0.05) is 36.4 Å². The molecule has 0 aromatic heterocycles. The maximum Gasteiger partial charge on any atom is 0.271 e. The maximum atomic E-state index is 12.3. The topological polar surface area (TPSA) is 69.2 Å². The zero-order valence-electron chi connectivity index (χ0n) is 15.3. The molecule has 0 unspecified atom stereocenters. The molecule has 0 aliphatic rings. The van der Waals surface area contributed by atoms with Gasteiger partial charge >= 0.3 is 0 Å². The van der Waals surface area contributed by atoms with Crippen molar-refractivity contribution in [2.45, 2.75) is 6.92 Å². The smallest absolute Gasteiger partial charge is 0.271 e. The predicted octanol–water partition coefficient (Wildman–Crippen LogP) is 3.53. The second-order valence-corrected chi connectivity index (χ2v) is 5.41. The van der Waals surface area contributed by atoms with Crippen molar-refractivity contribution >= 4 is 18.2 Å². The minimum Gasteiger partial charge on any atom is -0.493 e. The molecule has 0 radical (unpaired) electrons. The van der Waals surface area contributed by atoms with Crippen molar-refractivity contribution < 1.29 is 19.0 Å². The standard InChI is InChI=1S/C20H22N2O4/c1-14(10-15-8-6-5-7-9-15)13-21-22-20(23)16-11-17(24-2)19(26-4)18(12-16)25-3/h5-13H,1-4H3,(H,22,23). The van der Waals surface area contributed by atoms with Crippen molar-refractivity contribution in [2.24, 2.45) is 5.10 Å². The molecule has 2 rings (SSSR count). The van der Waals surface area contributed by atoms with Crippen molar-refractivity contribution in [3.63, 3.8) is 0 Å². The van der Waals surface area contributed by atoms with Crippen LogP contribution in [-0.2, 0) is 0 Å². The van der Waals surface area contributed by atoms with Gasteiger partial charge in [-0.2, -0.15) is 5.10 Å². The molecule has 0 spiro atoms. The first kappa shape index (κ1) is 19.1. The van der Waals surface area contributed by atoms with E-state index in [-0.39, 0.29) is 5.91 Å². The van der Waals surface area contributed by atoms with Crippen molar-refractivity contribution in [1.82, 2.24) is 5.43 Å². The predicted molar refractivity (Wildman–Crippen MR) is 102 cm³/mol. The summed E-state index contributed by atoms with van der Waals surface area (Å²) >= 11 is 0. The molecule has 0 fully saturated rings. The number of carbonyl (C=O) groups excluding carboxylic acids is 1. The van der Waals surface area contributed by atoms with Gasteiger partial charge in [-0.25, -0.2) is 5.43 Å². The highest BCUT2D eigenvalue weighted by Crippen LogP contribution is 2.38. The van der Waals surface area contributed by atoms with Crippen LogP contribution >= 0.6 is 0 Å². The molecule has 0 heterocycles. The average molecular weight is 354 g/mol. The van der Waals surface area contributed by atoms with E-state index in [1.807, 2.05) is 43.3 Å². The van der Waals surface area contributed by atoms with Gasteiger partial charge in [0.2, 0.25) is 5.75 Å². The van der Waals surface area contributed by atoms with Crippen LogP contribution in [-0.4, -0.2) is 33.5 Å². The van der Waals surface area contributed by atoms with E-state index < -0.39 is 0 Å². The number of ether oxygens (including phenoxy) is 3. The molecule has 6 heteroatoms. The van der Waals surface area contributed by atoms with Crippen LogP contribution < -0.4 is 19.6 Å². The summed E-state index contributed by atoms with van der Waals surface area (Å²) in [4.78, 5) is 12.3. The monoisotopic (exact) mass is 354 g/mol. The van der Waals surface area contributed by atoms with Crippen LogP contribution in [0, 0.1) is 0 Å². The average Bonchev–Trinajstić information content (AvgIpc) is 2.67. The quantitative estimate of drug-likeness (QED) is 0.610. The Kier molecular flexibility index (Phi) is 6.79. The summed E-state index contributed by atoms with van der Waals surface area (Å²) in [5.41, 5.74) is 4.81. The Morgan fingerprint density at radius 2 is 1.62 bits per heavy atom. The third-order valence-corrected chi connectivity index (χ3v) is 3.56. The first-order valence-electron chi connectivity index (χ1n) is 7.95. The van der Waals surface area contributed by atoms with Crippen LogP contribution in [0.25, 0.3) is 6.08 Å². The lowest BCUT2D eigenvalue weighted by Gasteiger charge is -2.13. The summed E-state index contributed by atoms with van der Waals surface area (Å²) in [6.45, 7) is 1.90. The Hall–Kier alpha value is -3.28. The van der Waals surface area contributed by atoms with Crippen LogP contribution in [0.15, 0.2) is 53.1 Å². The molecule has 2 aromatic carbocycles. The molecule has 1 amide bonds. The second-order valence-electron chi connectivity index (χ2n) is 5.41. The molecular weight excluding hydrogens is 332 g/mol. The van der Waals surface area contributed by atoms with Crippen molar-refractivity contribution in [3.8, 4) is 17.2 Å². The van der Waals surface area contributed by atoms with Gasteiger partial charge in [-0.15, -0.1) is 0 Å². The van der Waals surface area contributed by atoms with Crippen LogP contribution in [0.5, 0.6) is 17.2 Å². The SMILES string of the molecule is COc1cc(C(=O)NN=CC(C)=Cc2ccccc2)cc(OC)c1OC. The van der Waals surface area contributed by atoms with Gasteiger partial charge in [0.15, 0.2) is 11.5 Å². The molecule has 0 aliphatic heterocycles. The molecule has 0 saturated carbocycles. The van der Waals surface area contributed by atoms with Crippen LogP contribution in [0.3, 0.4) is 0 Å². The van der Waals surface area contributed by atoms with Gasteiger partial charge in [-0.05, 0) is 30.2 Å². The van der Waals surface area contributed by atoms with Crippen molar-refractivity contribution in [1.29, 1.82) is 0 Å². The van der Waals surface area contributed by atoms with E-state index in [0.717, 1.165) is 11.1 Å². The number of benzene rings is 2. The summed E-state index contributed by atoms with van der Waals surface area (Å²) in [7, 11) is 4.50. The fourth-order valence-corrected chi connectivity index (χ4v) is 2.32. The maximum absolute atomic E-state index is 12.3. The lowest BCUT2D eigenvalue weighted by molar-refractivity contribution is 0.0954. The number of hydrogen-bond donors (Lipinski definition) is 1. The highest BCUT2D eigenvalue weighted by atomic mass is 16.5. The molecule has 2 aromatic rings. The number of rotatable bonds is 7. The van der Waals surface area contributed by atoms with E-state index >= 15 is 0 Å². The van der Waals surface area contributed by atoms with Gasteiger partial charge in [-0.3, -0.25) is 4.79 Å². The molecule has 136 valence electrons. The third kappa shape index (κ3) is 4.86. The lowest BCUT2D eigenvalue weighted by atomic mass is 10.1. The summed E-state index contributed by atoms with van der Waals surface area (Å²) in [6, 6.07) is 13.0. The van der Waals surface area contributed by atoms with Crippen molar-refractivity contribution in [2.75, 3.05) is 21.3 Å².